The largest absolute Gasteiger partial charge is 0.466 e. The second-order valence-electron chi connectivity index (χ2n) is 4.45. The third kappa shape index (κ3) is 2.26. The Morgan fingerprint density at radius 1 is 1.50 bits per heavy atom. The molecule has 0 radical (unpaired) electrons. The van der Waals surface area contributed by atoms with Crippen molar-refractivity contribution in [2.75, 3.05) is 6.61 Å². The van der Waals surface area contributed by atoms with Crippen LogP contribution in [0, 0.1) is 6.92 Å². The van der Waals surface area contributed by atoms with Crippen molar-refractivity contribution in [1.82, 2.24) is 0 Å². The maximum absolute atomic E-state index is 11.5. The predicted molar refractivity (Wildman–Crippen MR) is 63.5 cm³/mol. The SMILES string of the molecule is CCOC(=O)CC1CCc2cc(C)ccc21. The van der Waals surface area contributed by atoms with Gasteiger partial charge in [0.05, 0.1) is 13.0 Å². The van der Waals surface area contributed by atoms with Crippen molar-refractivity contribution in [3.8, 4) is 0 Å². The monoisotopic (exact) mass is 218 g/mol. The van der Waals surface area contributed by atoms with E-state index >= 15 is 0 Å². The zero-order chi connectivity index (χ0) is 11.5. The van der Waals surface area contributed by atoms with E-state index in [9.17, 15) is 4.79 Å². The maximum atomic E-state index is 11.5. The van der Waals surface area contributed by atoms with E-state index in [4.69, 9.17) is 4.74 Å². The molecule has 0 amide bonds. The lowest BCUT2D eigenvalue weighted by molar-refractivity contribution is -0.143. The lowest BCUT2D eigenvalue weighted by Gasteiger charge is -2.10. The van der Waals surface area contributed by atoms with Crippen LogP contribution in [0.15, 0.2) is 18.2 Å². The molecule has 1 atom stereocenters. The van der Waals surface area contributed by atoms with Crippen LogP contribution in [0.25, 0.3) is 0 Å². The van der Waals surface area contributed by atoms with E-state index in [2.05, 4.69) is 25.1 Å². The van der Waals surface area contributed by atoms with Crippen molar-refractivity contribution in [1.29, 1.82) is 0 Å². The van der Waals surface area contributed by atoms with Crippen LogP contribution in [0.5, 0.6) is 0 Å². The molecule has 0 aliphatic heterocycles. The number of carbonyl (C=O) groups is 1. The van der Waals surface area contributed by atoms with Crippen LogP contribution in [-0.4, -0.2) is 12.6 Å². The summed E-state index contributed by atoms with van der Waals surface area (Å²) in [7, 11) is 0. The molecule has 0 bridgehead atoms. The molecule has 0 spiro atoms. The van der Waals surface area contributed by atoms with Crippen LogP contribution in [0.3, 0.4) is 0 Å². The second kappa shape index (κ2) is 4.69. The van der Waals surface area contributed by atoms with Gasteiger partial charge in [-0.1, -0.05) is 23.8 Å². The Labute approximate surface area is 96.6 Å². The Balaban J connectivity index is 2.09. The summed E-state index contributed by atoms with van der Waals surface area (Å²) in [4.78, 5) is 11.5. The van der Waals surface area contributed by atoms with Gasteiger partial charge in [0.15, 0.2) is 0 Å². The first kappa shape index (κ1) is 11.2. The van der Waals surface area contributed by atoms with Crippen LogP contribution in [0.4, 0.5) is 0 Å². The molecule has 0 saturated carbocycles. The highest BCUT2D eigenvalue weighted by molar-refractivity contribution is 5.71. The molecule has 0 saturated heterocycles. The number of hydrogen-bond donors (Lipinski definition) is 0. The Morgan fingerprint density at radius 3 is 3.06 bits per heavy atom. The first-order valence-electron chi connectivity index (χ1n) is 5.95. The molecule has 0 fully saturated rings. The Bertz CT molecular complexity index is 396. The summed E-state index contributed by atoms with van der Waals surface area (Å²) in [5.74, 6) is 0.301. The van der Waals surface area contributed by atoms with Crippen molar-refractivity contribution in [2.45, 2.75) is 39.0 Å². The fraction of sp³-hybridized carbons (Fsp3) is 0.500. The summed E-state index contributed by atoms with van der Waals surface area (Å²) in [6.07, 6.45) is 2.71. The molecule has 1 aliphatic carbocycles. The van der Waals surface area contributed by atoms with E-state index in [0.717, 1.165) is 12.8 Å². The smallest absolute Gasteiger partial charge is 0.306 e. The quantitative estimate of drug-likeness (QED) is 0.729. The zero-order valence-corrected chi connectivity index (χ0v) is 9.95. The van der Waals surface area contributed by atoms with E-state index in [1.807, 2.05) is 6.92 Å². The van der Waals surface area contributed by atoms with E-state index in [-0.39, 0.29) is 5.97 Å². The number of esters is 1. The van der Waals surface area contributed by atoms with Crippen molar-refractivity contribution < 1.29 is 9.53 Å². The van der Waals surface area contributed by atoms with E-state index in [1.54, 1.807) is 0 Å². The summed E-state index contributed by atoms with van der Waals surface area (Å²) in [5.41, 5.74) is 4.06. The minimum absolute atomic E-state index is 0.0686. The van der Waals surface area contributed by atoms with Gasteiger partial charge in [0.1, 0.15) is 0 Å². The van der Waals surface area contributed by atoms with Gasteiger partial charge in [-0.2, -0.15) is 0 Å². The maximum Gasteiger partial charge on any atom is 0.306 e. The van der Waals surface area contributed by atoms with Crippen molar-refractivity contribution in [3.63, 3.8) is 0 Å². The minimum atomic E-state index is -0.0686. The Morgan fingerprint density at radius 2 is 2.31 bits per heavy atom. The highest BCUT2D eigenvalue weighted by atomic mass is 16.5. The number of fused-ring (bicyclic) bond motifs is 1. The van der Waals surface area contributed by atoms with Crippen LogP contribution >= 0.6 is 0 Å². The molecule has 0 aromatic heterocycles. The van der Waals surface area contributed by atoms with Crippen LogP contribution in [0.2, 0.25) is 0 Å². The third-order valence-corrected chi connectivity index (χ3v) is 3.22. The topological polar surface area (TPSA) is 26.3 Å². The molecule has 0 heterocycles. The van der Waals surface area contributed by atoms with Gasteiger partial charge in [-0.3, -0.25) is 4.79 Å². The van der Waals surface area contributed by atoms with Crippen molar-refractivity contribution in [3.05, 3.63) is 34.9 Å². The van der Waals surface area contributed by atoms with Gasteiger partial charge >= 0.3 is 5.97 Å². The molecule has 1 unspecified atom stereocenters. The fourth-order valence-corrected chi connectivity index (χ4v) is 2.47. The molecule has 0 N–H and O–H groups in total. The molecule has 1 aromatic rings. The van der Waals surface area contributed by atoms with Crippen molar-refractivity contribution in [2.24, 2.45) is 0 Å². The first-order chi connectivity index (χ1) is 7.70. The molecule has 1 aromatic carbocycles. The Kier molecular flexibility index (Phi) is 3.28. The van der Waals surface area contributed by atoms with Gasteiger partial charge in [-0.25, -0.2) is 0 Å². The summed E-state index contributed by atoms with van der Waals surface area (Å²) in [5, 5.41) is 0. The highest BCUT2D eigenvalue weighted by Crippen LogP contribution is 2.35. The highest BCUT2D eigenvalue weighted by Gasteiger charge is 2.24. The number of carbonyl (C=O) groups excluding carboxylic acids is 1. The molecule has 2 nitrogen and oxygen atoms in total. The van der Waals surface area contributed by atoms with Crippen LogP contribution in [0.1, 0.15) is 42.4 Å². The molecule has 2 heteroatoms. The summed E-state index contributed by atoms with van der Waals surface area (Å²) < 4.78 is 5.00. The lowest BCUT2D eigenvalue weighted by atomic mass is 9.97. The summed E-state index contributed by atoms with van der Waals surface area (Å²) >= 11 is 0. The number of benzene rings is 1. The average Bonchev–Trinajstić information content (AvgIpc) is 2.61. The number of ether oxygens (including phenoxy) is 1. The fourth-order valence-electron chi connectivity index (χ4n) is 2.47. The number of hydrogen-bond acceptors (Lipinski definition) is 2. The molecule has 2 rings (SSSR count). The van der Waals surface area contributed by atoms with Crippen LogP contribution in [-0.2, 0) is 16.0 Å². The normalized spacial score (nSPS) is 18.2. The van der Waals surface area contributed by atoms with Crippen LogP contribution < -0.4 is 0 Å². The molecule has 16 heavy (non-hydrogen) atoms. The summed E-state index contributed by atoms with van der Waals surface area (Å²) in [6, 6.07) is 6.53. The van der Waals surface area contributed by atoms with Gasteiger partial charge in [0.2, 0.25) is 0 Å². The van der Waals surface area contributed by atoms with Gasteiger partial charge in [0, 0.05) is 0 Å². The van der Waals surface area contributed by atoms with E-state index < -0.39 is 0 Å². The first-order valence-corrected chi connectivity index (χ1v) is 5.95. The average molecular weight is 218 g/mol. The van der Waals surface area contributed by atoms with Gasteiger partial charge < -0.3 is 4.74 Å². The number of aryl methyl sites for hydroxylation is 2. The minimum Gasteiger partial charge on any atom is -0.466 e. The molecule has 86 valence electrons. The Hall–Kier alpha value is -1.31. The zero-order valence-electron chi connectivity index (χ0n) is 9.95. The molecular formula is C14H18O2. The standard InChI is InChI=1S/C14H18O2/c1-3-16-14(15)9-12-6-5-11-8-10(2)4-7-13(11)12/h4,7-8,12H,3,5-6,9H2,1-2H3. The van der Waals surface area contributed by atoms with Gasteiger partial charge in [-0.15, -0.1) is 0 Å². The predicted octanol–water partition coefficient (Wildman–Crippen LogP) is 2.98. The third-order valence-electron chi connectivity index (χ3n) is 3.22. The number of rotatable bonds is 3. The summed E-state index contributed by atoms with van der Waals surface area (Å²) in [6.45, 7) is 4.44. The van der Waals surface area contributed by atoms with Gasteiger partial charge in [-0.05, 0) is 43.7 Å². The molecule has 1 aliphatic rings. The second-order valence-corrected chi connectivity index (χ2v) is 4.45. The van der Waals surface area contributed by atoms with E-state index in [1.165, 1.54) is 16.7 Å². The molecular weight excluding hydrogens is 200 g/mol. The lowest BCUT2D eigenvalue weighted by Crippen LogP contribution is -2.08. The van der Waals surface area contributed by atoms with Crippen molar-refractivity contribution >= 4 is 5.97 Å². The van der Waals surface area contributed by atoms with E-state index in [0.29, 0.717) is 18.9 Å². The van der Waals surface area contributed by atoms with Gasteiger partial charge in [0.25, 0.3) is 0 Å².